The molecule has 0 aliphatic heterocycles. The molecule has 3 N–H and O–H groups in total. The van der Waals surface area contributed by atoms with E-state index in [-0.39, 0.29) is 5.91 Å². The van der Waals surface area contributed by atoms with Gasteiger partial charge in [0.25, 0.3) is 5.91 Å². The van der Waals surface area contributed by atoms with Crippen molar-refractivity contribution in [3.8, 4) is 5.69 Å². The quantitative estimate of drug-likeness (QED) is 0.743. The number of carbonyl (C=O) groups excluding carboxylic acids is 2. The van der Waals surface area contributed by atoms with Gasteiger partial charge in [-0.15, -0.1) is 0 Å². The molecule has 22 heavy (non-hydrogen) atoms. The van der Waals surface area contributed by atoms with Crippen LogP contribution >= 0.6 is 11.6 Å². The first kappa shape index (κ1) is 15.9. The van der Waals surface area contributed by atoms with Crippen LogP contribution in [0.25, 0.3) is 5.69 Å². The number of benzene rings is 1. The Labute approximate surface area is 133 Å². The van der Waals surface area contributed by atoms with Crippen molar-refractivity contribution in [3.63, 3.8) is 0 Å². The second-order valence-corrected chi connectivity index (χ2v) is 5.19. The Kier molecular flexibility index (Phi) is 4.72. The van der Waals surface area contributed by atoms with Crippen LogP contribution in [0.2, 0.25) is 5.02 Å². The molecule has 3 amide bonds. The average Bonchev–Trinajstić information content (AvgIpc) is 2.79. The Morgan fingerprint density at radius 3 is 2.50 bits per heavy atom. The Morgan fingerprint density at radius 2 is 1.86 bits per heavy atom. The molecule has 0 aliphatic rings. The van der Waals surface area contributed by atoms with E-state index in [9.17, 15) is 9.59 Å². The molecule has 0 spiro atoms. The standard InChI is InChI=1S/C15H17ClN4O2/c1-9-7-13(14(21)18-19-15(22)17-3)10(2)20(9)12-6-4-5-11(16)8-12/h4-8H,1-3H3,(H,18,21)(H2,17,19,22). The van der Waals surface area contributed by atoms with Gasteiger partial charge in [0, 0.05) is 29.1 Å². The zero-order chi connectivity index (χ0) is 16.3. The van der Waals surface area contributed by atoms with Gasteiger partial charge in [-0.05, 0) is 38.1 Å². The van der Waals surface area contributed by atoms with Crippen LogP contribution < -0.4 is 16.2 Å². The summed E-state index contributed by atoms with van der Waals surface area (Å²) < 4.78 is 1.93. The number of hydrogen-bond donors (Lipinski definition) is 3. The fourth-order valence-electron chi connectivity index (χ4n) is 2.25. The molecule has 0 saturated carbocycles. The summed E-state index contributed by atoms with van der Waals surface area (Å²) in [5.74, 6) is -0.384. The maximum absolute atomic E-state index is 12.2. The lowest BCUT2D eigenvalue weighted by Gasteiger charge is -2.10. The van der Waals surface area contributed by atoms with Crippen molar-refractivity contribution in [1.29, 1.82) is 0 Å². The summed E-state index contributed by atoms with van der Waals surface area (Å²) >= 11 is 6.02. The molecular weight excluding hydrogens is 304 g/mol. The van der Waals surface area contributed by atoms with Crippen LogP contribution in [-0.2, 0) is 0 Å². The third kappa shape index (κ3) is 3.23. The smallest absolute Gasteiger partial charge is 0.333 e. The summed E-state index contributed by atoms with van der Waals surface area (Å²) in [6.07, 6.45) is 0. The molecule has 116 valence electrons. The van der Waals surface area contributed by atoms with Crippen molar-refractivity contribution in [2.45, 2.75) is 13.8 Å². The van der Waals surface area contributed by atoms with E-state index in [1.807, 2.05) is 36.6 Å². The van der Waals surface area contributed by atoms with Crippen LogP contribution in [0.15, 0.2) is 30.3 Å². The molecule has 0 aliphatic carbocycles. The van der Waals surface area contributed by atoms with E-state index in [1.54, 1.807) is 12.1 Å². The van der Waals surface area contributed by atoms with Crippen LogP contribution in [0.4, 0.5) is 4.79 Å². The largest absolute Gasteiger partial charge is 0.340 e. The lowest BCUT2D eigenvalue weighted by atomic mass is 10.2. The van der Waals surface area contributed by atoms with Crippen molar-refractivity contribution in [2.75, 3.05) is 7.05 Å². The second-order valence-electron chi connectivity index (χ2n) is 4.76. The molecule has 0 saturated heterocycles. The van der Waals surface area contributed by atoms with E-state index in [4.69, 9.17) is 11.6 Å². The average molecular weight is 321 g/mol. The summed E-state index contributed by atoms with van der Waals surface area (Å²) in [5.41, 5.74) is 7.62. The first-order valence-corrected chi connectivity index (χ1v) is 7.04. The number of hydrazine groups is 1. The number of carbonyl (C=O) groups is 2. The molecule has 7 heteroatoms. The minimum atomic E-state index is -0.489. The zero-order valence-electron chi connectivity index (χ0n) is 12.5. The molecule has 1 heterocycles. The van der Waals surface area contributed by atoms with Gasteiger partial charge in [-0.2, -0.15) is 0 Å². The SMILES string of the molecule is CNC(=O)NNC(=O)c1cc(C)n(-c2cccc(Cl)c2)c1C. The number of rotatable bonds is 2. The minimum absolute atomic E-state index is 0.384. The Morgan fingerprint density at radius 1 is 1.14 bits per heavy atom. The van der Waals surface area contributed by atoms with E-state index in [2.05, 4.69) is 16.2 Å². The number of urea groups is 1. The first-order chi connectivity index (χ1) is 10.4. The first-order valence-electron chi connectivity index (χ1n) is 6.67. The molecule has 0 unspecified atom stereocenters. The van der Waals surface area contributed by atoms with Gasteiger partial charge in [0.2, 0.25) is 0 Å². The molecule has 1 aromatic carbocycles. The van der Waals surface area contributed by atoms with Gasteiger partial charge in [0.15, 0.2) is 0 Å². The molecule has 0 atom stereocenters. The summed E-state index contributed by atoms with van der Waals surface area (Å²) in [6, 6.07) is 8.65. The lowest BCUT2D eigenvalue weighted by Crippen LogP contribution is -2.45. The number of nitrogens with zero attached hydrogens (tertiary/aromatic N) is 1. The minimum Gasteiger partial charge on any atom is -0.340 e. The molecule has 0 radical (unpaired) electrons. The molecule has 0 fully saturated rings. The number of halogens is 1. The van der Waals surface area contributed by atoms with E-state index in [0.717, 1.165) is 17.1 Å². The number of hydrogen-bond acceptors (Lipinski definition) is 2. The Balaban J connectivity index is 2.31. The zero-order valence-corrected chi connectivity index (χ0v) is 13.3. The maximum atomic E-state index is 12.2. The number of nitrogens with one attached hydrogen (secondary N) is 3. The molecule has 2 rings (SSSR count). The highest BCUT2D eigenvalue weighted by atomic mass is 35.5. The van der Waals surface area contributed by atoms with Crippen molar-refractivity contribution >= 4 is 23.5 Å². The van der Waals surface area contributed by atoms with Crippen molar-refractivity contribution < 1.29 is 9.59 Å². The molecule has 1 aromatic heterocycles. The fraction of sp³-hybridized carbons (Fsp3) is 0.200. The third-order valence-electron chi connectivity index (χ3n) is 3.26. The van der Waals surface area contributed by atoms with Gasteiger partial charge in [-0.25, -0.2) is 10.2 Å². The lowest BCUT2D eigenvalue weighted by molar-refractivity contribution is 0.0936. The summed E-state index contributed by atoms with van der Waals surface area (Å²) in [7, 11) is 1.46. The highest BCUT2D eigenvalue weighted by Crippen LogP contribution is 2.22. The van der Waals surface area contributed by atoms with Crippen LogP contribution in [-0.4, -0.2) is 23.6 Å². The van der Waals surface area contributed by atoms with Crippen LogP contribution in [0.5, 0.6) is 0 Å². The highest BCUT2D eigenvalue weighted by molar-refractivity contribution is 6.30. The van der Waals surface area contributed by atoms with E-state index in [1.165, 1.54) is 7.05 Å². The Bertz CT molecular complexity index is 724. The van der Waals surface area contributed by atoms with Crippen LogP contribution in [0.3, 0.4) is 0 Å². The normalized spacial score (nSPS) is 10.2. The van der Waals surface area contributed by atoms with Crippen molar-refractivity contribution in [3.05, 3.63) is 52.3 Å². The topological polar surface area (TPSA) is 75.2 Å². The summed E-state index contributed by atoms with van der Waals surface area (Å²) in [4.78, 5) is 23.3. The fourth-order valence-corrected chi connectivity index (χ4v) is 2.43. The van der Waals surface area contributed by atoms with Gasteiger partial charge in [-0.3, -0.25) is 10.2 Å². The Hall–Kier alpha value is -2.47. The van der Waals surface area contributed by atoms with Gasteiger partial charge >= 0.3 is 6.03 Å². The predicted molar refractivity (Wildman–Crippen MR) is 85.3 cm³/mol. The van der Waals surface area contributed by atoms with Gasteiger partial charge in [-0.1, -0.05) is 17.7 Å². The van der Waals surface area contributed by atoms with Gasteiger partial charge < -0.3 is 9.88 Å². The second kappa shape index (κ2) is 6.53. The molecule has 0 bridgehead atoms. The highest BCUT2D eigenvalue weighted by Gasteiger charge is 2.17. The number of aromatic nitrogens is 1. The third-order valence-corrected chi connectivity index (χ3v) is 3.49. The number of aryl methyl sites for hydroxylation is 1. The molecule has 6 nitrogen and oxygen atoms in total. The van der Waals surface area contributed by atoms with E-state index >= 15 is 0 Å². The van der Waals surface area contributed by atoms with Crippen molar-refractivity contribution in [2.24, 2.45) is 0 Å². The van der Waals surface area contributed by atoms with Gasteiger partial charge in [0.1, 0.15) is 0 Å². The monoisotopic (exact) mass is 320 g/mol. The van der Waals surface area contributed by atoms with Crippen molar-refractivity contribution in [1.82, 2.24) is 20.7 Å². The van der Waals surface area contributed by atoms with Gasteiger partial charge in [0.05, 0.1) is 5.56 Å². The molecule has 2 aromatic rings. The summed E-state index contributed by atoms with van der Waals surface area (Å²) in [6.45, 7) is 3.74. The van der Waals surface area contributed by atoms with E-state index < -0.39 is 6.03 Å². The van der Waals surface area contributed by atoms with Crippen LogP contribution in [0.1, 0.15) is 21.7 Å². The van der Waals surface area contributed by atoms with Crippen LogP contribution in [0, 0.1) is 13.8 Å². The molecular formula is C15H17ClN4O2. The van der Waals surface area contributed by atoms with E-state index in [0.29, 0.717) is 10.6 Å². The maximum Gasteiger partial charge on any atom is 0.333 e. The summed E-state index contributed by atoms with van der Waals surface area (Å²) in [5, 5.41) is 2.97. The number of amides is 3. The predicted octanol–water partition coefficient (Wildman–Crippen LogP) is 2.32.